The second kappa shape index (κ2) is 9.30. The number of sulfone groups is 1. The van der Waals surface area contributed by atoms with Gasteiger partial charge >= 0.3 is 0 Å². The van der Waals surface area contributed by atoms with Gasteiger partial charge in [0.15, 0.2) is 15.8 Å². The van der Waals surface area contributed by atoms with Gasteiger partial charge in [-0.15, -0.1) is 11.3 Å². The maximum absolute atomic E-state index is 12.3. The maximum Gasteiger partial charge on any atom is 0.191 e. The molecule has 0 bridgehead atoms. The molecule has 0 radical (unpaired) electrons. The fourth-order valence-corrected chi connectivity index (χ4v) is 4.18. The molecule has 0 aliphatic rings. The third kappa shape index (κ3) is 6.41. The van der Waals surface area contributed by atoms with Crippen molar-refractivity contribution in [2.24, 2.45) is 4.99 Å². The molecule has 0 atom stereocenters. The topological polar surface area (TPSA) is 83.4 Å². The number of benzene rings is 1. The third-order valence-electron chi connectivity index (χ3n) is 3.40. The number of halogens is 1. The summed E-state index contributed by atoms with van der Waals surface area (Å²) in [6.45, 7) is 2.95. The Morgan fingerprint density at radius 1 is 1.24 bits per heavy atom. The summed E-state index contributed by atoms with van der Waals surface area (Å²) < 4.78 is 25.4. The second-order valence-corrected chi connectivity index (χ2v) is 9.39. The molecule has 0 spiro atoms. The van der Waals surface area contributed by atoms with Gasteiger partial charge in [0.1, 0.15) is 0 Å². The zero-order valence-corrected chi connectivity index (χ0v) is 17.3. The van der Waals surface area contributed by atoms with Gasteiger partial charge in [-0.2, -0.15) is 0 Å². The Morgan fingerprint density at radius 2 is 1.92 bits per heavy atom. The molecular formula is C16H21BrN4O2S2. The van der Waals surface area contributed by atoms with Crippen LogP contribution in [0.3, 0.4) is 0 Å². The minimum absolute atomic E-state index is 0.000608. The Bertz CT molecular complexity index is 817. The lowest BCUT2D eigenvalue weighted by Gasteiger charge is -2.11. The molecule has 0 unspecified atom stereocenters. The molecule has 1 heterocycles. The Labute approximate surface area is 160 Å². The summed E-state index contributed by atoms with van der Waals surface area (Å²) in [5, 5.41) is 9.29. The fourth-order valence-electron chi connectivity index (χ4n) is 2.12. The molecule has 136 valence electrons. The van der Waals surface area contributed by atoms with E-state index < -0.39 is 9.84 Å². The molecule has 1 aromatic heterocycles. The number of hydrogen-bond acceptors (Lipinski definition) is 5. The van der Waals surface area contributed by atoms with Crippen molar-refractivity contribution < 1.29 is 8.42 Å². The van der Waals surface area contributed by atoms with Gasteiger partial charge in [0.05, 0.1) is 21.3 Å². The van der Waals surface area contributed by atoms with Gasteiger partial charge in [0.25, 0.3) is 0 Å². The Balaban J connectivity index is 1.77. The zero-order valence-electron chi connectivity index (χ0n) is 14.1. The SMILES string of the molecule is CN=C(NCCc1csc(C)n1)NCCS(=O)(=O)c1ccc(Br)cc1. The summed E-state index contributed by atoms with van der Waals surface area (Å²) in [5.41, 5.74) is 1.04. The molecule has 0 aliphatic heterocycles. The van der Waals surface area contributed by atoms with Crippen LogP contribution in [-0.2, 0) is 16.3 Å². The van der Waals surface area contributed by atoms with Crippen LogP contribution < -0.4 is 10.6 Å². The van der Waals surface area contributed by atoms with Gasteiger partial charge in [-0.1, -0.05) is 15.9 Å². The number of hydrogen-bond donors (Lipinski definition) is 2. The molecule has 2 rings (SSSR count). The predicted octanol–water partition coefficient (Wildman–Crippen LogP) is 2.40. The molecule has 1 aromatic carbocycles. The third-order valence-corrected chi connectivity index (χ3v) is 6.48. The summed E-state index contributed by atoms with van der Waals surface area (Å²) >= 11 is 4.93. The molecule has 0 aliphatic carbocycles. The Morgan fingerprint density at radius 3 is 2.52 bits per heavy atom. The predicted molar refractivity (Wildman–Crippen MR) is 106 cm³/mol. The van der Waals surface area contributed by atoms with Crippen molar-refractivity contribution in [1.82, 2.24) is 15.6 Å². The Kier molecular flexibility index (Phi) is 7.39. The van der Waals surface area contributed by atoms with Crippen LogP contribution in [0.4, 0.5) is 0 Å². The van der Waals surface area contributed by atoms with Crippen LogP contribution >= 0.6 is 27.3 Å². The molecule has 6 nitrogen and oxygen atoms in total. The lowest BCUT2D eigenvalue weighted by atomic mass is 10.3. The van der Waals surface area contributed by atoms with Crippen LogP contribution in [0.2, 0.25) is 0 Å². The van der Waals surface area contributed by atoms with Crippen molar-refractivity contribution in [3.05, 3.63) is 44.8 Å². The van der Waals surface area contributed by atoms with E-state index in [-0.39, 0.29) is 12.3 Å². The molecule has 2 N–H and O–H groups in total. The molecular weight excluding hydrogens is 424 g/mol. The lowest BCUT2D eigenvalue weighted by Crippen LogP contribution is -2.40. The maximum atomic E-state index is 12.3. The van der Waals surface area contributed by atoms with E-state index in [4.69, 9.17) is 0 Å². The first-order valence-electron chi connectivity index (χ1n) is 7.74. The van der Waals surface area contributed by atoms with E-state index in [0.29, 0.717) is 17.4 Å². The van der Waals surface area contributed by atoms with E-state index in [9.17, 15) is 8.42 Å². The number of nitrogens with one attached hydrogen (secondary N) is 2. The number of rotatable bonds is 7. The van der Waals surface area contributed by atoms with Crippen molar-refractivity contribution in [2.75, 3.05) is 25.9 Å². The highest BCUT2D eigenvalue weighted by Gasteiger charge is 2.14. The van der Waals surface area contributed by atoms with E-state index in [1.807, 2.05) is 12.3 Å². The van der Waals surface area contributed by atoms with Crippen LogP contribution in [0, 0.1) is 6.92 Å². The van der Waals surface area contributed by atoms with Crippen LogP contribution in [0.25, 0.3) is 0 Å². The van der Waals surface area contributed by atoms with Crippen molar-refractivity contribution in [3.63, 3.8) is 0 Å². The van der Waals surface area contributed by atoms with E-state index in [2.05, 4.69) is 36.5 Å². The first kappa shape index (κ1) is 19.9. The van der Waals surface area contributed by atoms with E-state index in [1.165, 1.54) is 0 Å². The molecule has 2 aromatic rings. The second-order valence-electron chi connectivity index (χ2n) is 5.31. The highest BCUT2D eigenvalue weighted by atomic mass is 79.9. The largest absolute Gasteiger partial charge is 0.356 e. The lowest BCUT2D eigenvalue weighted by molar-refractivity contribution is 0.594. The number of nitrogens with zero attached hydrogens (tertiary/aromatic N) is 2. The van der Waals surface area contributed by atoms with Gasteiger partial charge in [-0.05, 0) is 31.2 Å². The first-order valence-corrected chi connectivity index (χ1v) is 11.1. The molecule has 0 fully saturated rings. The monoisotopic (exact) mass is 444 g/mol. The van der Waals surface area contributed by atoms with Crippen molar-refractivity contribution >= 4 is 43.1 Å². The van der Waals surface area contributed by atoms with Crippen LogP contribution in [0.1, 0.15) is 10.7 Å². The normalized spacial score (nSPS) is 12.2. The molecule has 25 heavy (non-hydrogen) atoms. The molecule has 0 amide bonds. The number of thiazole rings is 1. The van der Waals surface area contributed by atoms with Crippen molar-refractivity contribution in [1.29, 1.82) is 0 Å². The number of aliphatic imine (C=N–C) groups is 1. The van der Waals surface area contributed by atoms with Gasteiger partial charge in [-0.3, -0.25) is 4.99 Å². The quantitative estimate of drug-likeness (QED) is 0.505. The average molecular weight is 445 g/mol. The van der Waals surface area contributed by atoms with Gasteiger partial charge in [-0.25, -0.2) is 13.4 Å². The van der Waals surface area contributed by atoms with E-state index in [1.54, 1.807) is 42.6 Å². The molecule has 0 saturated carbocycles. The van der Waals surface area contributed by atoms with Gasteiger partial charge in [0, 0.05) is 36.4 Å². The number of aromatic nitrogens is 1. The number of guanidine groups is 1. The molecule has 9 heteroatoms. The van der Waals surface area contributed by atoms with Crippen molar-refractivity contribution in [3.8, 4) is 0 Å². The summed E-state index contributed by atoms with van der Waals surface area (Å²) in [7, 11) is -1.66. The summed E-state index contributed by atoms with van der Waals surface area (Å²) in [4.78, 5) is 8.83. The average Bonchev–Trinajstić information content (AvgIpc) is 2.99. The van der Waals surface area contributed by atoms with E-state index in [0.717, 1.165) is 21.6 Å². The zero-order chi connectivity index (χ0) is 18.3. The minimum atomic E-state index is -3.32. The minimum Gasteiger partial charge on any atom is -0.356 e. The summed E-state index contributed by atoms with van der Waals surface area (Å²) in [6.07, 6.45) is 0.794. The fraction of sp³-hybridized carbons (Fsp3) is 0.375. The Hall–Kier alpha value is -1.45. The van der Waals surface area contributed by atoms with Gasteiger partial charge in [0.2, 0.25) is 0 Å². The highest BCUT2D eigenvalue weighted by molar-refractivity contribution is 9.10. The molecule has 0 saturated heterocycles. The standard InChI is InChI=1S/C16H21BrN4O2S2/c1-12-21-14(11-24-12)7-8-19-16(18-2)20-9-10-25(22,23)15-5-3-13(17)4-6-15/h3-6,11H,7-10H2,1-2H3,(H2,18,19,20). The summed E-state index contributed by atoms with van der Waals surface area (Å²) in [5.74, 6) is 0.582. The number of aryl methyl sites for hydroxylation is 1. The van der Waals surface area contributed by atoms with Crippen LogP contribution in [0.15, 0.2) is 44.0 Å². The van der Waals surface area contributed by atoms with Crippen LogP contribution in [0.5, 0.6) is 0 Å². The smallest absolute Gasteiger partial charge is 0.191 e. The highest BCUT2D eigenvalue weighted by Crippen LogP contribution is 2.15. The van der Waals surface area contributed by atoms with E-state index >= 15 is 0 Å². The van der Waals surface area contributed by atoms with Crippen LogP contribution in [-0.4, -0.2) is 45.3 Å². The first-order chi connectivity index (χ1) is 11.9. The van der Waals surface area contributed by atoms with Gasteiger partial charge < -0.3 is 10.6 Å². The summed E-state index contributed by atoms with van der Waals surface area (Å²) in [6, 6.07) is 6.65. The van der Waals surface area contributed by atoms with Crippen molar-refractivity contribution in [2.45, 2.75) is 18.2 Å².